The van der Waals surface area contributed by atoms with Crippen molar-refractivity contribution in [2.24, 2.45) is 0 Å². The van der Waals surface area contributed by atoms with E-state index in [2.05, 4.69) is 24.3 Å². The van der Waals surface area contributed by atoms with Crippen molar-refractivity contribution in [3.8, 4) is 5.75 Å². The standard InChI is InChI=1S/C9H7NO/c1-2-7-6-8-3-4-9(7)10(5-1)11-8/h1-4,6H,5H2. The van der Waals surface area contributed by atoms with Gasteiger partial charge in [0.25, 0.3) is 0 Å². The minimum absolute atomic E-state index is 0.862. The first-order valence-corrected chi connectivity index (χ1v) is 3.69. The van der Waals surface area contributed by atoms with Gasteiger partial charge in [0.05, 0.1) is 12.2 Å². The molecular formula is C9H7NO. The quantitative estimate of drug-likeness (QED) is 0.552. The molecule has 1 aromatic carbocycles. The van der Waals surface area contributed by atoms with Gasteiger partial charge in [0.2, 0.25) is 0 Å². The van der Waals surface area contributed by atoms with Crippen molar-refractivity contribution in [1.29, 1.82) is 0 Å². The maximum Gasteiger partial charge on any atom is 0.156 e. The van der Waals surface area contributed by atoms with Crippen LogP contribution >= 0.6 is 0 Å². The summed E-state index contributed by atoms with van der Waals surface area (Å²) in [7, 11) is 0. The number of hydroxylamine groups is 1. The van der Waals surface area contributed by atoms with Gasteiger partial charge < -0.3 is 4.84 Å². The molecular weight excluding hydrogens is 138 g/mol. The van der Waals surface area contributed by atoms with E-state index >= 15 is 0 Å². The Bertz CT molecular complexity index is 343. The van der Waals surface area contributed by atoms with E-state index in [1.165, 1.54) is 11.3 Å². The zero-order valence-corrected chi connectivity index (χ0v) is 5.95. The molecule has 0 aliphatic carbocycles. The van der Waals surface area contributed by atoms with Gasteiger partial charge in [-0.25, -0.2) is 5.06 Å². The second-order valence-electron chi connectivity index (χ2n) is 2.78. The molecule has 4 bridgehead atoms. The third-order valence-electron chi connectivity index (χ3n) is 2.05. The number of anilines is 1. The van der Waals surface area contributed by atoms with Gasteiger partial charge in [-0.3, -0.25) is 0 Å². The van der Waals surface area contributed by atoms with Crippen molar-refractivity contribution in [2.75, 3.05) is 11.6 Å². The maximum absolute atomic E-state index is 5.45. The molecule has 2 nitrogen and oxygen atoms in total. The third-order valence-corrected chi connectivity index (χ3v) is 2.05. The van der Waals surface area contributed by atoms with Gasteiger partial charge in [0.1, 0.15) is 0 Å². The van der Waals surface area contributed by atoms with Crippen molar-refractivity contribution in [2.45, 2.75) is 0 Å². The Hall–Kier alpha value is -1.44. The topological polar surface area (TPSA) is 12.5 Å². The summed E-state index contributed by atoms with van der Waals surface area (Å²) < 4.78 is 0. The first-order chi connectivity index (χ1) is 5.43. The molecule has 0 N–H and O–H groups in total. The number of nitrogens with zero attached hydrogens (tertiary/aromatic N) is 1. The van der Waals surface area contributed by atoms with Crippen molar-refractivity contribution in [3.05, 3.63) is 29.8 Å². The van der Waals surface area contributed by atoms with Crippen molar-refractivity contribution >= 4 is 11.8 Å². The maximum atomic E-state index is 5.45. The van der Waals surface area contributed by atoms with Gasteiger partial charge in [-0.1, -0.05) is 12.2 Å². The van der Waals surface area contributed by atoms with Gasteiger partial charge in [-0.05, 0) is 18.2 Å². The fourth-order valence-electron chi connectivity index (χ4n) is 1.54. The van der Waals surface area contributed by atoms with Crippen LogP contribution < -0.4 is 9.90 Å². The molecule has 0 spiro atoms. The molecule has 0 amide bonds. The molecule has 0 unspecified atom stereocenters. The SMILES string of the molecule is C1=Cc2cc3ccc2N(C1)O3. The van der Waals surface area contributed by atoms with Gasteiger partial charge >= 0.3 is 0 Å². The van der Waals surface area contributed by atoms with Crippen LogP contribution in [0.5, 0.6) is 5.75 Å². The lowest BCUT2D eigenvalue weighted by Gasteiger charge is -2.32. The van der Waals surface area contributed by atoms with E-state index in [1.807, 2.05) is 11.1 Å². The smallest absolute Gasteiger partial charge is 0.156 e. The molecule has 0 fully saturated rings. The Kier molecular flexibility index (Phi) is 0.756. The second kappa shape index (κ2) is 1.59. The predicted molar refractivity (Wildman–Crippen MR) is 43.5 cm³/mol. The van der Waals surface area contributed by atoms with E-state index in [4.69, 9.17) is 4.84 Å². The molecule has 3 heterocycles. The van der Waals surface area contributed by atoms with Crippen LogP contribution in [0.2, 0.25) is 0 Å². The summed E-state index contributed by atoms with van der Waals surface area (Å²) >= 11 is 0. The molecule has 0 atom stereocenters. The summed E-state index contributed by atoms with van der Waals surface area (Å²) in [6, 6.07) is 6.15. The van der Waals surface area contributed by atoms with Crippen LogP contribution in [-0.4, -0.2) is 6.54 Å². The number of benzene rings is 1. The van der Waals surface area contributed by atoms with E-state index in [0.29, 0.717) is 0 Å². The molecule has 2 heteroatoms. The lowest BCUT2D eigenvalue weighted by Crippen LogP contribution is -2.32. The number of rotatable bonds is 0. The first-order valence-electron chi connectivity index (χ1n) is 3.69. The number of hydrogen-bond donors (Lipinski definition) is 0. The molecule has 3 aliphatic rings. The molecule has 1 aromatic rings. The Morgan fingerprint density at radius 3 is 3.09 bits per heavy atom. The van der Waals surface area contributed by atoms with Crippen molar-refractivity contribution in [3.63, 3.8) is 0 Å². The van der Waals surface area contributed by atoms with E-state index in [-0.39, 0.29) is 0 Å². The third kappa shape index (κ3) is 0.564. The van der Waals surface area contributed by atoms with E-state index in [1.54, 1.807) is 0 Å². The molecule has 0 saturated heterocycles. The molecule has 0 radical (unpaired) electrons. The molecule has 11 heavy (non-hydrogen) atoms. The summed E-state index contributed by atoms with van der Waals surface area (Å²) in [6.45, 7) is 0.862. The van der Waals surface area contributed by atoms with Crippen molar-refractivity contribution in [1.82, 2.24) is 0 Å². The van der Waals surface area contributed by atoms with E-state index in [9.17, 15) is 0 Å². The summed E-state index contributed by atoms with van der Waals surface area (Å²) in [6.07, 6.45) is 4.24. The lowest BCUT2D eigenvalue weighted by molar-refractivity contribution is 0.280. The zero-order valence-electron chi connectivity index (χ0n) is 5.95. The monoisotopic (exact) mass is 145 g/mol. The van der Waals surface area contributed by atoms with Crippen LogP contribution in [0.1, 0.15) is 5.56 Å². The Morgan fingerprint density at radius 1 is 1.36 bits per heavy atom. The fraction of sp³-hybridized carbons (Fsp3) is 0.111. The lowest BCUT2D eigenvalue weighted by atomic mass is 10.1. The van der Waals surface area contributed by atoms with Crippen molar-refractivity contribution < 1.29 is 4.84 Å². The van der Waals surface area contributed by atoms with Gasteiger partial charge in [0.15, 0.2) is 5.75 Å². The minimum atomic E-state index is 0.862. The fourth-order valence-corrected chi connectivity index (χ4v) is 1.54. The van der Waals surface area contributed by atoms with Crippen LogP contribution in [0.25, 0.3) is 6.08 Å². The average molecular weight is 145 g/mol. The molecule has 3 aliphatic heterocycles. The van der Waals surface area contributed by atoms with Gasteiger partial charge in [-0.15, -0.1) is 0 Å². The van der Waals surface area contributed by atoms with Gasteiger partial charge in [0, 0.05) is 5.56 Å². The summed E-state index contributed by atoms with van der Waals surface area (Å²) in [5, 5.41) is 1.91. The second-order valence-corrected chi connectivity index (χ2v) is 2.78. The highest BCUT2D eigenvalue weighted by Crippen LogP contribution is 2.35. The van der Waals surface area contributed by atoms with Crippen LogP contribution in [0.4, 0.5) is 5.69 Å². The Morgan fingerprint density at radius 2 is 2.36 bits per heavy atom. The van der Waals surface area contributed by atoms with Crippen LogP contribution in [0, 0.1) is 0 Å². The Labute approximate surface area is 64.7 Å². The normalized spacial score (nSPS) is 16.9. The molecule has 0 aromatic heterocycles. The average Bonchev–Trinajstić information content (AvgIpc) is 2.05. The summed E-state index contributed by atoms with van der Waals surface area (Å²) in [4.78, 5) is 5.45. The zero-order chi connectivity index (χ0) is 7.26. The Balaban J connectivity index is 2.37. The highest BCUT2D eigenvalue weighted by molar-refractivity contribution is 5.73. The highest BCUT2D eigenvalue weighted by atomic mass is 16.7. The van der Waals surface area contributed by atoms with Crippen LogP contribution in [-0.2, 0) is 0 Å². The molecule has 54 valence electrons. The summed E-state index contributed by atoms with van der Waals surface area (Å²) in [5.74, 6) is 0.944. The predicted octanol–water partition coefficient (Wildman–Crippen LogP) is 1.83. The molecule has 0 saturated carbocycles. The number of fused-ring (bicyclic) bond motifs is 1. The minimum Gasteiger partial charge on any atom is -0.379 e. The van der Waals surface area contributed by atoms with Crippen LogP contribution in [0.3, 0.4) is 0 Å². The first kappa shape index (κ1) is 5.24. The highest BCUT2D eigenvalue weighted by Gasteiger charge is 2.20. The van der Waals surface area contributed by atoms with Crippen LogP contribution in [0.15, 0.2) is 24.3 Å². The van der Waals surface area contributed by atoms with E-state index in [0.717, 1.165) is 12.3 Å². The number of hydrogen-bond acceptors (Lipinski definition) is 2. The molecule has 4 rings (SSSR count). The largest absolute Gasteiger partial charge is 0.379 e. The van der Waals surface area contributed by atoms with Gasteiger partial charge in [-0.2, -0.15) is 0 Å². The summed E-state index contributed by atoms with van der Waals surface area (Å²) in [5.41, 5.74) is 2.45. The van der Waals surface area contributed by atoms with E-state index < -0.39 is 0 Å².